The number of piperidine rings is 1. The molecule has 1 amide bonds. The Morgan fingerprint density at radius 1 is 1.09 bits per heavy atom. The number of nitrogens with zero attached hydrogens (tertiary/aromatic N) is 3. The van der Waals surface area contributed by atoms with E-state index in [0.717, 1.165) is 36.9 Å². The van der Waals surface area contributed by atoms with Crippen LogP contribution >= 0.6 is 0 Å². The van der Waals surface area contributed by atoms with Crippen molar-refractivity contribution in [3.05, 3.63) is 83.9 Å². The average Bonchev–Trinajstić information content (AvgIpc) is 3.21. The van der Waals surface area contributed by atoms with Gasteiger partial charge in [-0.2, -0.15) is 0 Å². The summed E-state index contributed by atoms with van der Waals surface area (Å²) in [5.74, 6) is 0.330. The molecule has 1 atom stereocenters. The van der Waals surface area contributed by atoms with E-state index in [2.05, 4.69) is 15.3 Å². The van der Waals surface area contributed by atoms with Crippen molar-refractivity contribution in [2.75, 3.05) is 25.0 Å². The van der Waals surface area contributed by atoms with Gasteiger partial charge in [-0.3, -0.25) is 4.79 Å². The highest BCUT2D eigenvalue weighted by Gasteiger charge is 2.43. The Morgan fingerprint density at radius 3 is 2.67 bits per heavy atom. The maximum Gasteiger partial charge on any atom is 0.253 e. The number of carbonyl (C=O) groups excluding carboxylic acids is 1. The van der Waals surface area contributed by atoms with Crippen LogP contribution in [0.4, 0.5) is 16.0 Å². The summed E-state index contributed by atoms with van der Waals surface area (Å²) in [5, 5.41) is 3.14. The van der Waals surface area contributed by atoms with E-state index in [-0.39, 0.29) is 23.2 Å². The summed E-state index contributed by atoms with van der Waals surface area (Å²) in [4.78, 5) is 23.4. The minimum Gasteiger partial charge on any atom is -0.377 e. The molecule has 1 N–H and O–H groups in total. The molecule has 6 nitrogen and oxygen atoms in total. The van der Waals surface area contributed by atoms with Crippen LogP contribution in [0.5, 0.6) is 0 Å². The summed E-state index contributed by atoms with van der Waals surface area (Å²) in [6, 6.07) is 16.0. The van der Waals surface area contributed by atoms with E-state index in [1.54, 1.807) is 30.6 Å². The van der Waals surface area contributed by atoms with Crippen LogP contribution in [0.25, 0.3) is 0 Å². The number of rotatable bonds is 5. The molecule has 2 aliphatic rings. The number of nitrogens with one attached hydrogen (secondary N) is 1. The molecule has 5 rings (SSSR count). The second-order valence-corrected chi connectivity index (χ2v) is 9.04. The number of likely N-dealkylation sites (tertiary alicyclic amines) is 1. The standard InChI is InChI=1S/C26H27FN4O2/c27-21-6-1-4-19(14-21)15-23-17-26(18-33-23)8-12-31(13-9-26)24(32)20-5-2-7-22(16-20)30-25-28-10-3-11-29-25/h1-7,10-11,14,16,23H,8-9,12-13,15,17-18H2,(H,28,29,30)/t23-/m1/s1. The smallest absolute Gasteiger partial charge is 0.253 e. The summed E-state index contributed by atoms with van der Waals surface area (Å²) in [5.41, 5.74) is 2.52. The van der Waals surface area contributed by atoms with Crippen LogP contribution in [0.2, 0.25) is 0 Å². The quantitative estimate of drug-likeness (QED) is 0.620. The second kappa shape index (κ2) is 9.27. The van der Waals surface area contributed by atoms with Crippen molar-refractivity contribution in [3.63, 3.8) is 0 Å². The van der Waals surface area contributed by atoms with Crippen molar-refractivity contribution in [3.8, 4) is 0 Å². The molecule has 0 unspecified atom stereocenters. The summed E-state index contributed by atoms with van der Waals surface area (Å²) < 4.78 is 19.6. The maximum absolute atomic E-state index is 13.5. The molecule has 0 saturated carbocycles. The van der Waals surface area contributed by atoms with Crippen molar-refractivity contribution >= 4 is 17.5 Å². The molecule has 2 aliphatic heterocycles. The monoisotopic (exact) mass is 446 g/mol. The zero-order valence-corrected chi connectivity index (χ0v) is 18.4. The van der Waals surface area contributed by atoms with Gasteiger partial charge >= 0.3 is 0 Å². The van der Waals surface area contributed by atoms with Crippen LogP contribution in [0.3, 0.4) is 0 Å². The molecule has 1 spiro atoms. The molecule has 33 heavy (non-hydrogen) atoms. The van der Waals surface area contributed by atoms with Gasteiger partial charge in [0.15, 0.2) is 0 Å². The lowest BCUT2D eigenvalue weighted by Gasteiger charge is -2.38. The molecule has 3 heterocycles. The maximum atomic E-state index is 13.5. The van der Waals surface area contributed by atoms with Crippen LogP contribution in [0.1, 0.15) is 35.2 Å². The van der Waals surface area contributed by atoms with Gasteiger partial charge in [0.05, 0.1) is 12.7 Å². The number of hydrogen-bond acceptors (Lipinski definition) is 5. The highest BCUT2D eigenvalue weighted by molar-refractivity contribution is 5.95. The Bertz CT molecular complexity index is 1120. The number of benzene rings is 2. The predicted octanol–water partition coefficient (Wildman–Crippen LogP) is 4.61. The van der Waals surface area contributed by atoms with Gasteiger partial charge in [0, 0.05) is 36.7 Å². The highest BCUT2D eigenvalue weighted by atomic mass is 19.1. The summed E-state index contributed by atoms with van der Waals surface area (Å²) in [6.07, 6.45) is 6.99. The average molecular weight is 447 g/mol. The summed E-state index contributed by atoms with van der Waals surface area (Å²) in [6.45, 7) is 2.15. The van der Waals surface area contributed by atoms with E-state index in [4.69, 9.17) is 4.74 Å². The molecule has 7 heteroatoms. The molecule has 3 aromatic rings. The third-order valence-corrected chi connectivity index (χ3v) is 6.68. The van der Waals surface area contributed by atoms with Crippen LogP contribution in [0, 0.1) is 11.2 Å². The van der Waals surface area contributed by atoms with Gasteiger partial charge in [-0.25, -0.2) is 14.4 Å². The fraction of sp³-hybridized carbons (Fsp3) is 0.346. The normalized spacial score (nSPS) is 19.5. The van der Waals surface area contributed by atoms with E-state index in [1.807, 2.05) is 35.2 Å². The SMILES string of the molecule is O=C(c1cccc(Nc2ncccn2)c1)N1CCC2(CC1)CO[C@H](Cc1cccc(F)c1)C2. The highest BCUT2D eigenvalue weighted by Crippen LogP contribution is 2.43. The lowest BCUT2D eigenvalue weighted by molar-refractivity contribution is 0.0496. The van der Waals surface area contributed by atoms with E-state index in [9.17, 15) is 9.18 Å². The van der Waals surface area contributed by atoms with E-state index in [0.29, 0.717) is 31.2 Å². The first-order valence-corrected chi connectivity index (χ1v) is 11.4. The van der Waals surface area contributed by atoms with Crippen molar-refractivity contribution in [2.24, 2.45) is 5.41 Å². The third-order valence-electron chi connectivity index (χ3n) is 6.68. The molecule has 0 bridgehead atoms. The Balaban J connectivity index is 1.17. The van der Waals surface area contributed by atoms with Crippen molar-refractivity contribution in [1.29, 1.82) is 0 Å². The summed E-state index contributed by atoms with van der Waals surface area (Å²) >= 11 is 0. The zero-order chi connectivity index (χ0) is 22.7. The van der Waals surface area contributed by atoms with Gasteiger partial charge in [-0.1, -0.05) is 18.2 Å². The second-order valence-electron chi connectivity index (χ2n) is 9.04. The molecule has 1 aromatic heterocycles. The molecule has 0 radical (unpaired) electrons. The predicted molar refractivity (Wildman–Crippen MR) is 124 cm³/mol. The number of hydrogen-bond donors (Lipinski definition) is 1. The van der Waals surface area contributed by atoms with Gasteiger partial charge in [0.25, 0.3) is 5.91 Å². The Labute approximate surface area is 192 Å². The third kappa shape index (κ3) is 5.03. The van der Waals surface area contributed by atoms with Crippen LogP contribution < -0.4 is 5.32 Å². The lowest BCUT2D eigenvalue weighted by atomic mass is 9.76. The Kier molecular flexibility index (Phi) is 6.05. The van der Waals surface area contributed by atoms with Crippen LogP contribution in [0.15, 0.2) is 67.0 Å². The number of aromatic nitrogens is 2. The number of ether oxygens (including phenoxy) is 1. The molecule has 2 saturated heterocycles. The summed E-state index contributed by atoms with van der Waals surface area (Å²) in [7, 11) is 0. The first-order chi connectivity index (χ1) is 16.1. The fourth-order valence-corrected chi connectivity index (χ4v) is 4.89. The zero-order valence-electron chi connectivity index (χ0n) is 18.4. The minimum atomic E-state index is -0.206. The Hall–Kier alpha value is -3.32. The minimum absolute atomic E-state index is 0.0395. The first-order valence-electron chi connectivity index (χ1n) is 11.4. The molecule has 170 valence electrons. The number of amides is 1. The molecule has 0 aliphatic carbocycles. The van der Waals surface area contributed by atoms with Gasteiger partial charge in [-0.05, 0) is 73.1 Å². The van der Waals surface area contributed by atoms with Crippen molar-refractivity contribution in [2.45, 2.75) is 31.8 Å². The van der Waals surface area contributed by atoms with Gasteiger partial charge in [0.2, 0.25) is 5.95 Å². The van der Waals surface area contributed by atoms with Gasteiger partial charge < -0.3 is 15.0 Å². The van der Waals surface area contributed by atoms with Gasteiger partial charge in [-0.15, -0.1) is 0 Å². The van der Waals surface area contributed by atoms with Crippen LogP contribution in [-0.2, 0) is 11.2 Å². The lowest BCUT2D eigenvalue weighted by Crippen LogP contribution is -2.43. The van der Waals surface area contributed by atoms with Gasteiger partial charge in [0.1, 0.15) is 5.82 Å². The molecule has 2 fully saturated rings. The Morgan fingerprint density at radius 2 is 1.88 bits per heavy atom. The largest absolute Gasteiger partial charge is 0.377 e. The number of halogens is 1. The van der Waals surface area contributed by atoms with Crippen LogP contribution in [-0.4, -0.2) is 46.6 Å². The molecule has 2 aromatic carbocycles. The molecular weight excluding hydrogens is 419 g/mol. The van der Waals surface area contributed by atoms with Crippen molar-refractivity contribution < 1.29 is 13.9 Å². The van der Waals surface area contributed by atoms with E-state index < -0.39 is 0 Å². The van der Waals surface area contributed by atoms with Crippen molar-refractivity contribution in [1.82, 2.24) is 14.9 Å². The number of anilines is 2. The molecular formula is C26H27FN4O2. The van der Waals surface area contributed by atoms with E-state index in [1.165, 1.54) is 6.07 Å². The first kappa shape index (κ1) is 21.5. The van der Waals surface area contributed by atoms with E-state index >= 15 is 0 Å². The topological polar surface area (TPSA) is 67.4 Å². The number of carbonyl (C=O) groups is 1. The fourth-order valence-electron chi connectivity index (χ4n) is 4.89.